The van der Waals surface area contributed by atoms with Gasteiger partial charge >= 0.3 is 0 Å². The first-order valence-corrected chi connectivity index (χ1v) is 8.67. The molecule has 2 aromatic rings. The number of hydrogen-bond acceptors (Lipinski definition) is 6. The van der Waals surface area contributed by atoms with Crippen LogP contribution < -0.4 is 0 Å². The second-order valence-electron chi connectivity index (χ2n) is 4.86. The molecule has 0 unspecified atom stereocenters. The van der Waals surface area contributed by atoms with E-state index in [0.717, 1.165) is 10.6 Å². The number of amidine groups is 1. The van der Waals surface area contributed by atoms with Crippen molar-refractivity contribution in [3.8, 4) is 0 Å². The summed E-state index contributed by atoms with van der Waals surface area (Å²) in [7, 11) is 0. The molecule has 0 atom stereocenters. The van der Waals surface area contributed by atoms with E-state index in [0.29, 0.717) is 21.7 Å². The van der Waals surface area contributed by atoms with Gasteiger partial charge in [-0.15, -0.1) is 16.8 Å². The van der Waals surface area contributed by atoms with Crippen LogP contribution in [0, 0.1) is 12.7 Å². The number of aromatic nitrogens is 2. The molecule has 0 spiro atoms. The number of carbonyl (C=O) groups excluding carboxylic acids is 1. The first kappa shape index (κ1) is 16.5. The fourth-order valence-electron chi connectivity index (χ4n) is 2.00. The normalized spacial score (nSPS) is 17.9. The van der Waals surface area contributed by atoms with Crippen molar-refractivity contribution in [1.82, 2.24) is 15.1 Å². The number of carbonyl (C=O) groups is 1. The monoisotopic (exact) mass is 360 g/mol. The maximum atomic E-state index is 13.0. The first-order chi connectivity index (χ1) is 11.6. The minimum absolute atomic E-state index is 0.163. The number of aryl methyl sites for hydroxylation is 1. The van der Waals surface area contributed by atoms with E-state index in [1.807, 2.05) is 6.92 Å². The molecule has 0 N–H and O–H groups in total. The van der Waals surface area contributed by atoms with E-state index < -0.39 is 0 Å². The molecule has 1 aliphatic heterocycles. The lowest BCUT2D eigenvalue weighted by Gasteiger charge is -2.11. The Morgan fingerprint density at radius 1 is 1.33 bits per heavy atom. The van der Waals surface area contributed by atoms with E-state index in [-0.39, 0.29) is 11.7 Å². The highest BCUT2D eigenvalue weighted by molar-refractivity contribution is 8.18. The summed E-state index contributed by atoms with van der Waals surface area (Å²) in [5.74, 6) is -0.478. The van der Waals surface area contributed by atoms with E-state index in [1.165, 1.54) is 40.1 Å². The molecule has 24 heavy (non-hydrogen) atoms. The van der Waals surface area contributed by atoms with E-state index in [2.05, 4.69) is 21.8 Å². The second kappa shape index (κ2) is 7.06. The Balaban J connectivity index is 1.93. The summed E-state index contributed by atoms with van der Waals surface area (Å²) in [4.78, 5) is 19.0. The van der Waals surface area contributed by atoms with Crippen molar-refractivity contribution in [1.29, 1.82) is 0 Å². The minimum atomic E-state index is -0.315. The molecule has 2 heterocycles. The zero-order valence-corrected chi connectivity index (χ0v) is 14.4. The van der Waals surface area contributed by atoms with E-state index in [4.69, 9.17) is 0 Å². The Kier molecular flexibility index (Phi) is 4.86. The van der Waals surface area contributed by atoms with Crippen LogP contribution in [0.4, 0.5) is 9.52 Å². The number of halogens is 1. The number of nitrogens with zero attached hydrogens (tertiary/aromatic N) is 4. The molecule has 0 saturated carbocycles. The van der Waals surface area contributed by atoms with Crippen molar-refractivity contribution >= 4 is 45.4 Å². The number of benzene rings is 1. The minimum Gasteiger partial charge on any atom is -0.282 e. The Hall–Kier alpha value is -2.32. The number of rotatable bonds is 4. The van der Waals surface area contributed by atoms with Crippen molar-refractivity contribution in [2.45, 2.75) is 6.92 Å². The summed E-state index contributed by atoms with van der Waals surface area (Å²) in [6.45, 7) is 5.87. The van der Waals surface area contributed by atoms with Gasteiger partial charge in [-0.3, -0.25) is 9.69 Å². The molecule has 1 amide bonds. The highest BCUT2D eigenvalue weighted by Crippen LogP contribution is 2.34. The van der Waals surface area contributed by atoms with Crippen molar-refractivity contribution in [3.63, 3.8) is 0 Å². The summed E-state index contributed by atoms with van der Waals surface area (Å²) in [5.41, 5.74) is 0.749. The highest BCUT2D eigenvalue weighted by atomic mass is 32.2. The summed E-state index contributed by atoms with van der Waals surface area (Å²) in [6.07, 6.45) is 3.36. The van der Waals surface area contributed by atoms with Gasteiger partial charge in [0.2, 0.25) is 5.13 Å². The SMILES string of the molecule is C=CCN1C(=O)/C(=C/c2ccc(F)cc2)S/C1=N/c1nnc(C)s1. The van der Waals surface area contributed by atoms with Crippen LogP contribution in [0.3, 0.4) is 0 Å². The van der Waals surface area contributed by atoms with Gasteiger partial charge in [0.1, 0.15) is 10.8 Å². The van der Waals surface area contributed by atoms with Crippen LogP contribution in [0.2, 0.25) is 0 Å². The topological polar surface area (TPSA) is 58.5 Å². The van der Waals surface area contributed by atoms with Gasteiger partial charge in [-0.05, 0) is 42.5 Å². The average molecular weight is 360 g/mol. The van der Waals surface area contributed by atoms with Gasteiger partial charge in [0.05, 0.1) is 4.91 Å². The van der Waals surface area contributed by atoms with Gasteiger partial charge in [-0.25, -0.2) is 4.39 Å². The standard InChI is InChI=1S/C16H13FN4OS2/c1-3-8-21-14(22)13(9-11-4-6-12(17)7-5-11)24-16(21)18-15-20-19-10(2)23-15/h3-7,9H,1,8H2,2H3/b13-9-,18-16+. The van der Waals surface area contributed by atoms with Gasteiger partial charge in [-0.2, -0.15) is 4.99 Å². The zero-order chi connectivity index (χ0) is 17.1. The zero-order valence-electron chi connectivity index (χ0n) is 12.8. The molecule has 1 fully saturated rings. The molecule has 5 nitrogen and oxygen atoms in total. The number of aliphatic imine (C=N–C) groups is 1. The van der Waals surface area contributed by atoms with Gasteiger partial charge < -0.3 is 0 Å². The predicted molar refractivity (Wildman–Crippen MR) is 95.6 cm³/mol. The first-order valence-electron chi connectivity index (χ1n) is 7.03. The molecule has 1 aliphatic rings. The highest BCUT2D eigenvalue weighted by Gasteiger charge is 2.32. The smallest absolute Gasteiger partial charge is 0.267 e. The van der Waals surface area contributed by atoms with Gasteiger partial charge in [-0.1, -0.05) is 29.5 Å². The van der Waals surface area contributed by atoms with Crippen LogP contribution in [-0.4, -0.2) is 32.7 Å². The van der Waals surface area contributed by atoms with Crippen LogP contribution >= 0.6 is 23.1 Å². The van der Waals surface area contributed by atoms with E-state index >= 15 is 0 Å². The van der Waals surface area contributed by atoms with Crippen LogP contribution in [0.25, 0.3) is 6.08 Å². The van der Waals surface area contributed by atoms with Crippen molar-refractivity contribution < 1.29 is 9.18 Å². The van der Waals surface area contributed by atoms with Crippen LogP contribution in [0.15, 0.2) is 46.8 Å². The molecule has 0 aliphatic carbocycles. The third-order valence-corrected chi connectivity index (χ3v) is 4.81. The second-order valence-corrected chi connectivity index (χ2v) is 7.03. The summed E-state index contributed by atoms with van der Waals surface area (Å²) >= 11 is 2.61. The fraction of sp³-hybridized carbons (Fsp3) is 0.125. The third kappa shape index (κ3) is 3.60. The lowest BCUT2D eigenvalue weighted by Crippen LogP contribution is -2.29. The molecule has 1 aromatic carbocycles. The lowest BCUT2D eigenvalue weighted by molar-refractivity contribution is -0.121. The van der Waals surface area contributed by atoms with Gasteiger partial charge in [0, 0.05) is 6.54 Å². The average Bonchev–Trinajstić information content (AvgIpc) is 3.09. The molecule has 0 bridgehead atoms. The Bertz CT molecular complexity index is 842. The fourth-order valence-corrected chi connectivity index (χ4v) is 3.61. The Labute approximate surface area is 146 Å². The number of amides is 1. The molecule has 1 saturated heterocycles. The lowest BCUT2D eigenvalue weighted by atomic mass is 10.2. The number of thioether (sulfide) groups is 1. The quantitative estimate of drug-likeness (QED) is 0.615. The Morgan fingerprint density at radius 2 is 2.08 bits per heavy atom. The van der Waals surface area contributed by atoms with Crippen molar-refractivity contribution in [2.24, 2.45) is 4.99 Å². The predicted octanol–water partition coefficient (Wildman–Crippen LogP) is 3.78. The van der Waals surface area contributed by atoms with E-state index in [9.17, 15) is 9.18 Å². The number of hydrogen-bond donors (Lipinski definition) is 0. The van der Waals surface area contributed by atoms with Crippen LogP contribution in [0.5, 0.6) is 0 Å². The van der Waals surface area contributed by atoms with Gasteiger partial charge in [0.15, 0.2) is 5.17 Å². The Morgan fingerprint density at radius 3 is 2.71 bits per heavy atom. The summed E-state index contributed by atoms with van der Waals surface area (Å²) < 4.78 is 13.0. The van der Waals surface area contributed by atoms with Crippen molar-refractivity contribution in [2.75, 3.05) is 6.54 Å². The summed E-state index contributed by atoms with van der Waals surface area (Å²) in [6, 6.07) is 5.96. The molecular formula is C16H13FN4OS2. The molecule has 3 rings (SSSR count). The largest absolute Gasteiger partial charge is 0.282 e. The van der Waals surface area contributed by atoms with Crippen molar-refractivity contribution in [3.05, 3.63) is 58.2 Å². The summed E-state index contributed by atoms with van der Waals surface area (Å²) in [5, 5.41) is 9.72. The molecular weight excluding hydrogens is 347 g/mol. The maximum Gasteiger partial charge on any atom is 0.267 e. The third-order valence-electron chi connectivity index (χ3n) is 3.07. The van der Waals surface area contributed by atoms with Gasteiger partial charge in [0.25, 0.3) is 5.91 Å². The molecule has 1 aromatic heterocycles. The van der Waals surface area contributed by atoms with Crippen LogP contribution in [0.1, 0.15) is 10.6 Å². The molecule has 122 valence electrons. The van der Waals surface area contributed by atoms with Crippen LogP contribution in [-0.2, 0) is 4.79 Å². The molecule has 0 radical (unpaired) electrons. The van der Waals surface area contributed by atoms with E-state index in [1.54, 1.807) is 24.3 Å². The molecule has 8 heteroatoms. The maximum absolute atomic E-state index is 13.0.